The van der Waals surface area contributed by atoms with E-state index in [1.54, 1.807) is 7.05 Å². The largest absolute Gasteiger partial charge is 0.341 e. The Labute approximate surface area is 130 Å². The van der Waals surface area contributed by atoms with Crippen LogP contribution in [0.25, 0.3) is 0 Å². The van der Waals surface area contributed by atoms with E-state index in [1.165, 1.54) is 17.0 Å². The number of carbonyl (C=O) groups excluding carboxylic acids is 1. The summed E-state index contributed by atoms with van der Waals surface area (Å²) in [4.78, 5) is 13.6. The molecule has 0 bridgehead atoms. The minimum absolute atomic E-state index is 0.0719. The number of hydrogen-bond donors (Lipinski definition) is 0. The molecule has 0 spiro atoms. The van der Waals surface area contributed by atoms with Gasteiger partial charge < -0.3 is 4.90 Å². The first-order chi connectivity index (χ1) is 9.97. The van der Waals surface area contributed by atoms with Crippen LogP contribution in [0.15, 0.2) is 46.9 Å². The Hall–Kier alpha value is -1.75. The number of benzene rings is 2. The lowest BCUT2D eigenvalue weighted by Crippen LogP contribution is -2.28. The molecule has 0 N–H and O–H groups in total. The molecule has 21 heavy (non-hydrogen) atoms. The summed E-state index contributed by atoms with van der Waals surface area (Å²) in [5, 5.41) is 0. The molecule has 2 aromatic carbocycles. The Kier molecular flexibility index (Phi) is 5.07. The molecule has 0 atom stereocenters. The van der Waals surface area contributed by atoms with Crippen LogP contribution in [0.5, 0.6) is 0 Å². The maximum atomic E-state index is 13.5. The molecular weight excluding hydrogens is 340 g/mol. The molecule has 0 saturated heterocycles. The molecule has 5 heteroatoms. The zero-order chi connectivity index (χ0) is 15.4. The van der Waals surface area contributed by atoms with Crippen molar-refractivity contribution in [1.82, 2.24) is 4.90 Å². The Morgan fingerprint density at radius 1 is 1.14 bits per heavy atom. The van der Waals surface area contributed by atoms with Crippen molar-refractivity contribution in [3.8, 4) is 0 Å². The average molecular weight is 354 g/mol. The van der Waals surface area contributed by atoms with Crippen LogP contribution in [0.4, 0.5) is 8.78 Å². The van der Waals surface area contributed by atoms with Gasteiger partial charge in [0, 0.05) is 23.6 Å². The molecule has 0 aromatic heterocycles. The molecule has 0 heterocycles. The van der Waals surface area contributed by atoms with Gasteiger partial charge in [0.15, 0.2) is 11.6 Å². The Morgan fingerprint density at radius 2 is 1.81 bits per heavy atom. The van der Waals surface area contributed by atoms with Crippen LogP contribution in [-0.2, 0) is 17.8 Å². The smallest absolute Gasteiger partial charge is 0.227 e. The Bertz CT molecular complexity index is 643. The molecule has 1 amide bonds. The van der Waals surface area contributed by atoms with Gasteiger partial charge in [0.05, 0.1) is 6.42 Å². The summed E-state index contributed by atoms with van der Waals surface area (Å²) in [7, 11) is 1.64. The van der Waals surface area contributed by atoms with Crippen LogP contribution in [0.2, 0.25) is 0 Å². The molecular formula is C16H14BrF2NO. The van der Waals surface area contributed by atoms with E-state index in [2.05, 4.69) is 15.9 Å². The van der Waals surface area contributed by atoms with Gasteiger partial charge in [0.2, 0.25) is 5.91 Å². The third kappa shape index (κ3) is 4.11. The molecule has 0 unspecified atom stereocenters. The minimum Gasteiger partial charge on any atom is -0.341 e. The highest BCUT2D eigenvalue weighted by atomic mass is 79.9. The highest BCUT2D eigenvalue weighted by Gasteiger charge is 2.15. The van der Waals surface area contributed by atoms with Gasteiger partial charge in [0.1, 0.15) is 0 Å². The first-order valence-corrected chi connectivity index (χ1v) is 7.18. The van der Waals surface area contributed by atoms with Gasteiger partial charge in [0.25, 0.3) is 0 Å². The third-order valence-corrected chi connectivity index (χ3v) is 3.66. The molecule has 0 fully saturated rings. The molecule has 0 aliphatic rings. The second-order valence-corrected chi connectivity index (χ2v) is 5.68. The fourth-order valence-electron chi connectivity index (χ4n) is 1.93. The summed E-state index contributed by atoms with van der Waals surface area (Å²) in [5.41, 5.74) is 1.04. The van der Waals surface area contributed by atoms with Gasteiger partial charge in [-0.05, 0) is 23.8 Å². The van der Waals surface area contributed by atoms with Crippen LogP contribution in [0.1, 0.15) is 11.1 Å². The van der Waals surface area contributed by atoms with Crippen molar-refractivity contribution < 1.29 is 13.6 Å². The van der Waals surface area contributed by atoms with Crippen molar-refractivity contribution >= 4 is 21.8 Å². The van der Waals surface area contributed by atoms with Crippen LogP contribution >= 0.6 is 15.9 Å². The molecule has 0 saturated carbocycles. The van der Waals surface area contributed by atoms with Gasteiger partial charge in [-0.25, -0.2) is 8.78 Å². The summed E-state index contributed by atoms with van der Waals surface area (Å²) >= 11 is 3.34. The number of hydrogen-bond acceptors (Lipinski definition) is 1. The number of halogens is 3. The maximum Gasteiger partial charge on any atom is 0.227 e. The maximum absolute atomic E-state index is 13.5. The molecule has 2 rings (SSSR count). The van der Waals surface area contributed by atoms with Gasteiger partial charge in [-0.1, -0.05) is 40.2 Å². The number of carbonyl (C=O) groups is 1. The Balaban J connectivity index is 2.02. The summed E-state index contributed by atoms with van der Waals surface area (Å²) in [6, 6.07) is 11.4. The topological polar surface area (TPSA) is 20.3 Å². The van der Waals surface area contributed by atoms with Gasteiger partial charge in [-0.15, -0.1) is 0 Å². The number of likely N-dealkylation sites (N-methyl/N-ethyl adjacent to an activating group) is 1. The lowest BCUT2D eigenvalue weighted by Gasteiger charge is -2.17. The monoisotopic (exact) mass is 353 g/mol. The summed E-state index contributed by atoms with van der Waals surface area (Å²) in [6.07, 6.45) is -0.156. The predicted molar refractivity (Wildman–Crippen MR) is 80.7 cm³/mol. The lowest BCUT2D eigenvalue weighted by atomic mass is 10.1. The minimum atomic E-state index is -0.956. The van der Waals surface area contributed by atoms with Gasteiger partial charge in [-0.3, -0.25) is 4.79 Å². The highest BCUT2D eigenvalue weighted by molar-refractivity contribution is 9.10. The van der Waals surface area contributed by atoms with Crippen molar-refractivity contribution in [3.63, 3.8) is 0 Å². The second kappa shape index (κ2) is 6.80. The number of amides is 1. The zero-order valence-corrected chi connectivity index (χ0v) is 13.0. The molecule has 0 aliphatic heterocycles. The standard InChI is InChI=1S/C16H14BrF2NO/c1-20(10-11-5-7-13(17)8-6-11)15(21)9-12-3-2-4-14(18)16(12)19/h2-8H,9-10H2,1H3. The molecule has 2 nitrogen and oxygen atoms in total. The summed E-state index contributed by atoms with van der Waals surface area (Å²) in [6.45, 7) is 0.420. The van der Waals surface area contributed by atoms with Crippen molar-refractivity contribution in [1.29, 1.82) is 0 Å². The fraction of sp³-hybridized carbons (Fsp3) is 0.188. The Morgan fingerprint density at radius 3 is 2.48 bits per heavy atom. The first kappa shape index (κ1) is 15.6. The van der Waals surface area contributed by atoms with Crippen LogP contribution in [0, 0.1) is 11.6 Å². The molecule has 0 aliphatic carbocycles. The van der Waals surface area contributed by atoms with E-state index in [1.807, 2.05) is 24.3 Å². The fourth-order valence-corrected chi connectivity index (χ4v) is 2.20. The average Bonchev–Trinajstić information content (AvgIpc) is 2.46. The van der Waals surface area contributed by atoms with E-state index < -0.39 is 11.6 Å². The zero-order valence-electron chi connectivity index (χ0n) is 11.4. The summed E-state index contributed by atoms with van der Waals surface area (Å²) < 4.78 is 27.6. The van der Waals surface area contributed by atoms with Crippen molar-refractivity contribution in [2.45, 2.75) is 13.0 Å². The molecule has 0 radical (unpaired) electrons. The number of nitrogens with zero attached hydrogens (tertiary/aromatic N) is 1. The van der Waals surface area contributed by atoms with E-state index in [9.17, 15) is 13.6 Å². The normalized spacial score (nSPS) is 10.5. The van der Waals surface area contributed by atoms with Crippen LogP contribution in [0.3, 0.4) is 0 Å². The van der Waals surface area contributed by atoms with E-state index >= 15 is 0 Å². The van der Waals surface area contributed by atoms with E-state index in [0.717, 1.165) is 16.1 Å². The predicted octanol–water partition coefficient (Wildman–Crippen LogP) is 3.93. The molecule has 2 aromatic rings. The van der Waals surface area contributed by atoms with E-state index in [-0.39, 0.29) is 17.9 Å². The SMILES string of the molecule is CN(Cc1ccc(Br)cc1)C(=O)Cc1cccc(F)c1F. The quantitative estimate of drug-likeness (QED) is 0.815. The number of rotatable bonds is 4. The lowest BCUT2D eigenvalue weighted by molar-refractivity contribution is -0.129. The van der Waals surface area contributed by atoms with Gasteiger partial charge in [-0.2, -0.15) is 0 Å². The van der Waals surface area contributed by atoms with E-state index in [0.29, 0.717) is 6.54 Å². The van der Waals surface area contributed by atoms with E-state index in [4.69, 9.17) is 0 Å². The van der Waals surface area contributed by atoms with Crippen LogP contribution < -0.4 is 0 Å². The van der Waals surface area contributed by atoms with Crippen LogP contribution in [-0.4, -0.2) is 17.9 Å². The molecule has 110 valence electrons. The van der Waals surface area contributed by atoms with Crippen molar-refractivity contribution in [2.75, 3.05) is 7.05 Å². The van der Waals surface area contributed by atoms with Gasteiger partial charge >= 0.3 is 0 Å². The highest BCUT2D eigenvalue weighted by Crippen LogP contribution is 2.15. The first-order valence-electron chi connectivity index (χ1n) is 6.38. The van der Waals surface area contributed by atoms with Crippen molar-refractivity contribution in [2.24, 2.45) is 0 Å². The van der Waals surface area contributed by atoms with Crippen molar-refractivity contribution in [3.05, 3.63) is 69.7 Å². The second-order valence-electron chi connectivity index (χ2n) is 4.77. The third-order valence-electron chi connectivity index (χ3n) is 3.13. The summed E-state index contributed by atoms with van der Waals surface area (Å²) in [5.74, 6) is -2.15.